The van der Waals surface area contributed by atoms with Gasteiger partial charge in [-0.25, -0.2) is 4.39 Å². The second kappa shape index (κ2) is 8.32. The van der Waals surface area contributed by atoms with E-state index < -0.39 is 0 Å². The molecule has 0 spiro atoms. The van der Waals surface area contributed by atoms with Crippen molar-refractivity contribution in [2.75, 3.05) is 13.1 Å². The predicted molar refractivity (Wildman–Crippen MR) is 110 cm³/mol. The van der Waals surface area contributed by atoms with E-state index in [1.165, 1.54) is 27.8 Å². The zero-order valence-electron chi connectivity index (χ0n) is 15.4. The van der Waals surface area contributed by atoms with Crippen molar-refractivity contribution < 1.29 is 4.39 Å². The van der Waals surface area contributed by atoms with Crippen molar-refractivity contribution in [3.63, 3.8) is 0 Å². The Labute approximate surface area is 160 Å². The number of fused-ring (bicyclic) bond motifs is 1. The van der Waals surface area contributed by atoms with Crippen molar-refractivity contribution in [2.45, 2.75) is 19.3 Å². The fourth-order valence-electron chi connectivity index (χ4n) is 3.87. The fourth-order valence-corrected chi connectivity index (χ4v) is 3.87. The molecule has 0 saturated carbocycles. The van der Waals surface area contributed by atoms with Crippen molar-refractivity contribution in [3.8, 4) is 0 Å². The molecule has 0 atom stereocenters. The highest BCUT2D eigenvalue weighted by atomic mass is 19.1. The van der Waals surface area contributed by atoms with Gasteiger partial charge in [0.25, 0.3) is 0 Å². The largest absolute Gasteiger partial charge is 0.313 e. The third-order valence-corrected chi connectivity index (χ3v) is 5.22. The molecular formula is C25H24FN. The molecule has 136 valence electrons. The van der Waals surface area contributed by atoms with Crippen molar-refractivity contribution in [1.82, 2.24) is 5.32 Å². The molecule has 3 aromatic rings. The number of rotatable bonds is 6. The normalized spacial score (nSPS) is 13.5. The van der Waals surface area contributed by atoms with Crippen LogP contribution in [-0.2, 0) is 12.8 Å². The number of hydrogen-bond acceptors (Lipinski definition) is 1. The molecule has 0 saturated heterocycles. The average Bonchev–Trinajstić information content (AvgIpc) is 2.72. The lowest BCUT2D eigenvalue weighted by Gasteiger charge is -2.24. The molecule has 0 fully saturated rings. The van der Waals surface area contributed by atoms with E-state index in [1.807, 2.05) is 12.1 Å². The van der Waals surface area contributed by atoms with Crippen LogP contribution in [0.25, 0.3) is 5.57 Å². The molecule has 1 N–H and O–H groups in total. The second-order valence-corrected chi connectivity index (χ2v) is 7.06. The van der Waals surface area contributed by atoms with Crippen LogP contribution in [0.1, 0.15) is 28.7 Å². The van der Waals surface area contributed by atoms with Crippen LogP contribution in [0.4, 0.5) is 4.39 Å². The van der Waals surface area contributed by atoms with Crippen molar-refractivity contribution in [3.05, 3.63) is 113 Å². The Kier molecular flexibility index (Phi) is 5.45. The van der Waals surface area contributed by atoms with Gasteiger partial charge in [0.05, 0.1) is 0 Å². The van der Waals surface area contributed by atoms with E-state index in [-0.39, 0.29) is 5.82 Å². The summed E-state index contributed by atoms with van der Waals surface area (Å²) in [6.45, 7) is 1.82. The smallest absolute Gasteiger partial charge is 0.123 e. The maximum Gasteiger partial charge on any atom is 0.123 e. The molecule has 2 heteroatoms. The molecule has 0 bridgehead atoms. The van der Waals surface area contributed by atoms with E-state index in [2.05, 4.69) is 59.9 Å². The Hall–Kier alpha value is -2.71. The summed E-state index contributed by atoms with van der Waals surface area (Å²) in [5, 5.41) is 3.61. The van der Waals surface area contributed by atoms with Crippen LogP contribution >= 0.6 is 0 Å². The summed E-state index contributed by atoms with van der Waals surface area (Å²) in [5.74, 6) is -0.148. The summed E-state index contributed by atoms with van der Waals surface area (Å²) in [6.07, 6.45) is 2.90. The van der Waals surface area contributed by atoms with Crippen LogP contribution in [0, 0.1) is 5.82 Å². The molecule has 0 aromatic heterocycles. The molecule has 1 nitrogen and oxygen atoms in total. The van der Waals surface area contributed by atoms with Gasteiger partial charge in [-0.1, -0.05) is 66.7 Å². The van der Waals surface area contributed by atoms with Gasteiger partial charge in [0.1, 0.15) is 5.82 Å². The van der Waals surface area contributed by atoms with Gasteiger partial charge in [-0.3, -0.25) is 0 Å². The maximum absolute atomic E-state index is 13.7. The van der Waals surface area contributed by atoms with E-state index in [4.69, 9.17) is 0 Å². The first-order valence-corrected chi connectivity index (χ1v) is 9.62. The van der Waals surface area contributed by atoms with Gasteiger partial charge in [-0.2, -0.15) is 0 Å². The van der Waals surface area contributed by atoms with Crippen molar-refractivity contribution in [1.29, 1.82) is 0 Å². The molecule has 4 rings (SSSR count). The van der Waals surface area contributed by atoms with Gasteiger partial charge < -0.3 is 5.32 Å². The molecule has 3 aromatic carbocycles. The minimum absolute atomic E-state index is 0.148. The first-order chi connectivity index (χ1) is 13.3. The van der Waals surface area contributed by atoms with Crippen LogP contribution in [0.2, 0.25) is 0 Å². The van der Waals surface area contributed by atoms with Gasteiger partial charge >= 0.3 is 0 Å². The Morgan fingerprint density at radius 2 is 1.56 bits per heavy atom. The van der Waals surface area contributed by atoms with Crippen LogP contribution in [-0.4, -0.2) is 13.1 Å². The van der Waals surface area contributed by atoms with Crippen LogP contribution in [0.15, 0.2) is 84.4 Å². The summed E-state index contributed by atoms with van der Waals surface area (Å²) in [7, 11) is 0. The molecule has 0 amide bonds. The minimum Gasteiger partial charge on any atom is -0.313 e. The van der Waals surface area contributed by atoms with Crippen molar-refractivity contribution >= 4 is 5.57 Å². The lowest BCUT2D eigenvalue weighted by Crippen LogP contribution is -2.22. The topological polar surface area (TPSA) is 12.0 Å². The standard InChI is InChI=1S/C25H24FN/c26-23-13-14-24-21(17-23)11-12-22(25(24)20-9-5-2-6-10-20)18-27-16-15-19-7-3-1-4-8-19/h1-10,13-14,17,27H,11-12,15-16,18H2. The van der Waals surface area contributed by atoms with Crippen LogP contribution in [0.5, 0.6) is 0 Å². The zero-order chi connectivity index (χ0) is 18.5. The highest BCUT2D eigenvalue weighted by Crippen LogP contribution is 2.36. The summed E-state index contributed by atoms with van der Waals surface area (Å²) in [5.41, 5.74) is 7.53. The molecular weight excluding hydrogens is 333 g/mol. The SMILES string of the molecule is Fc1ccc2c(c1)CCC(CNCCc1ccccc1)=C2c1ccccc1. The van der Waals surface area contributed by atoms with E-state index in [0.29, 0.717) is 0 Å². The average molecular weight is 357 g/mol. The number of halogens is 1. The fraction of sp³-hybridized carbons (Fsp3) is 0.200. The number of benzene rings is 3. The highest BCUT2D eigenvalue weighted by Gasteiger charge is 2.20. The Balaban J connectivity index is 1.56. The first kappa shape index (κ1) is 17.7. The summed E-state index contributed by atoms with van der Waals surface area (Å²) in [4.78, 5) is 0. The Morgan fingerprint density at radius 3 is 2.33 bits per heavy atom. The second-order valence-electron chi connectivity index (χ2n) is 7.06. The first-order valence-electron chi connectivity index (χ1n) is 9.62. The Bertz CT molecular complexity index is 929. The van der Waals surface area contributed by atoms with Gasteiger partial charge in [-0.05, 0) is 71.3 Å². The van der Waals surface area contributed by atoms with Gasteiger partial charge in [0, 0.05) is 6.54 Å². The maximum atomic E-state index is 13.7. The lowest BCUT2D eigenvalue weighted by molar-refractivity contribution is 0.624. The monoisotopic (exact) mass is 357 g/mol. The molecule has 0 unspecified atom stereocenters. The number of aryl methyl sites for hydroxylation is 1. The summed E-state index contributed by atoms with van der Waals surface area (Å²) in [6, 6.07) is 26.2. The molecule has 1 aliphatic rings. The van der Waals surface area contributed by atoms with E-state index in [1.54, 1.807) is 12.1 Å². The number of nitrogens with one attached hydrogen (secondary N) is 1. The Morgan fingerprint density at radius 1 is 0.815 bits per heavy atom. The van der Waals surface area contributed by atoms with E-state index >= 15 is 0 Å². The summed E-state index contributed by atoms with van der Waals surface area (Å²) >= 11 is 0. The predicted octanol–water partition coefficient (Wildman–Crippen LogP) is 5.41. The molecule has 0 heterocycles. The summed E-state index contributed by atoms with van der Waals surface area (Å²) < 4.78 is 13.7. The van der Waals surface area contributed by atoms with Crippen LogP contribution < -0.4 is 5.32 Å². The molecule has 1 aliphatic carbocycles. The highest BCUT2D eigenvalue weighted by molar-refractivity contribution is 5.85. The minimum atomic E-state index is -0.148. The van der Waals surface area contributed by atoms with Gasteiger partial charge in [-0.15, -0.1) is 0 Å². The van der Waals surface area contributed by atoms with E-state index in [0.717, 1.165) is 37.9 Å². The lowest BCUT2D eigenvalue weighted by atomic mass is 9.82. The third-order valence-electron chi connectivity index (χ3n) is 5.22. The third kappa shape index (κ3) is 4.17. The van der Waals surface area contributed by atoms with Crippen LogP contribution in [0.3, 0.4) is 0 Å². The molecule has 27 heavy (non-hydrogen) atoms. The van der Waals surface area contributed by atoms with E-state index in [9.17, 15) is 4.39 Å². The van der Waals surface area contributed by atoms with Gasteiger partial charge in [0.15, 0.2) is 0 Å². The quantitative estimate of drug-likeness (QED) is 0.582. The molecule has 0 aliphatic heterocycles. The zero-order valence-corrected chi connectivity index (χ0v) is 15.4. The van der Waals surface area contributed by atoms with Gasteiger partial charge in [0.2, 0.25) is 0 Å². The number of hydrogen-bond donors (Lipinski definition) is 1. The van der Waals surface area contributed by atoms with Crippen molar-refractivity contribution in [2.24, 2.45) is 0 Å². The molecule has 0 radical (unpaired) electrons.